The minimum atomic E-state index is -4.72. The third-order valence-corrected chi connectivity index (χ3v) is 2.97. The monoisotopic (exact) mass is 300 g/mol. The summed E-state index contributed by atoms with van der Waals surface area (Å²) < 4.78 is 44.4. The molecule has 114 valence electrons. The summed E-state index contributed by atoms with van der Waals surface area (Å²) >= 11 is 0. The first-order valence-corrected chi connectivity index (χ1v) is 6.67. The number of ether oxygens (including phenoxy) is 1. The second-order valence-electron chi connectivity index (χ2n) is 4.58. The fourth-order valence-corrected chi connectivity index (χ4v) is 1.98. The van der Waals surface area contributed by atoms with E-state index in [0.29, 0.717) is 11.0 Å². The maximum atomic E-state index is 13.0. The van der Waals surface area contributed by atoms with Gasteiger partial charge < -0.3 is 4.74 Å². The lowest BCUT2D eigenvalue weighted by Crippen LogP contribution is -2.22. The Hall–Kier alpha value is -2.05. The number of carbonyl (C=O) groups excluding carboxylic acids is 1. The van der Waals surface area contributed by atoms with Crippen molar-refractivity contribution in [2.75, 3.05) is 6.61 Å². The van der Waals surface area contributed by atoms with Gasteiger partial charge in [0, 0.05) is 0 Å². The van der Waals surface area contributed by atoms with Gasteiger partial charge in [-0.05, 0) is 18.6 Å². The molecular formula is C14H15F3N2O2. The van der Waals surface area contributed by atoms with Crippen LogP contribution in [0.1, 0.15) is 32.0 Å². The third kappa shape index (κ3) is 3.34. The van der Waals surface area contributed by atoms with Crippen LogP contribution in [0.3, 0.4) is 0 Å². The number of imidazole rings is 1. The van der Waals surface area contributed by atoms with Crippen molar-refractivity contribution in [3.05, 3.63) is 30.1 Å². The van der Waals surface area contributed by atoms with Crippen LogP contribution < -0.4 is 0 Å². The molecule has 0 unspecified atom stereocenters. The normalized spacial score (nSPS) is 11.8. The summed E-state index contributed by atoms with van der Waals surface area (Å²) in [5.41, 5.74) is 0.195. The molecule has 0 saturated carbocycles. The Balaban J connectivity index is 2.34. The Morgan fingerprint density at radius 1 is 1.29 bits per heavy atom. The molecule has 0 N–H and O–H groups in total. The van der Waals surface area contributed by atoms with Crippen molar-refractivity contribution in [1.29, 1.82) is 0 Å². The Kier molecular flexibility index (Phi) is 4.50. The van der Waals surface area contributed by atoms with Crippen LogP contribution in [0.15, 0.2) is 24.3 Å². The third-order valence-electron chi connectivity index (χ3n) is 2.97. The Bertz CT molecular complexity index is 635. The summed E-state index contributed by atoms with van der Waals surface area (Å²) in [5, 5.41) is 0. The maximum absolute atomic E-state index is 13.0. The van der Waals surface area contributed by atoms with E-state index in [1.54, 1.807) is 12.1 Å². The molecule has 0 spiro atoms. The van der Waals surface area contributed by atoms with Crippen LogP contribution in [0.4, 0.5) is 18.0 Å². The first kappa shape index (κ1) is 15.3. The average Bonchev–Trinajstić information content (AvgIpc) is 2.83. The van der Waals surface area contributed by atoms with E-state index in [1.165, 1.54) is 12.1 Å². The van der Waals surface area contributed by atoms with Gasteiger partial charge in [0.1, 0.15) is 0 Å². The van der Waals surface area contributed by atoms with Gasteiger partial charge in [-0.2, -0.15) is 13.2 Å². The number of nitrogens with zero attached hydrogens (tertiary/aromatic N) is 2. The first-order valence-electron chi connectivity index (χ1n) is 6.67. The van der Waals surface area contributed by atoms with E-state index in [1.807, 2.05) is 6.92 Å². The average molecular weight is 300 g/mol. The molecule has 2 rings (SSSR count). The minimum Gasteiger partial charge on any atom is -0.449 e. The van der Waals surface area contributed by atoms with Crippen molar-refractivity contribution >= 4 is 17.1 Å². The zero-order valence-electron chi connectivity index (χ0n) is 11.5. The van der Waals surface area contributed by atoms with E-state index in [0.717, 1.165) is 12.8 Å². The maximum Gasteiger partial charge on any atom is 0.450 e. The molecule has 1 heterocycles. The number of para-hydroxylation sites is 2. The summed E-state index contributed by atoms with van der Waals surface area (Å²) in [4.78, 5) is 15.4. The predicted octanol–water partition coefficient (Wildman–Crippen LogP) is 4.23. The number of carbonyl (C=O) groups is 1. The highest BCUT2D eigenvalue weighted by molar-refractivity contribution is 5.87. The van der Waals surface area contributed by atoms with Crippen molar-refractivity contribution in [2.45, 2.75) is 32.4 Å². The lowest BCUT2D eigenvalue weighted by atomic mass is 10.3. The van der Waals surface area contributed by atoms with Gasteiger partial charge >= 0.3 is 12.3 Å². The molecule has 0 bridgehead atoms. The smallest absolute Gasteiger partial charge is 0.449 e. The molecule has 0 amide bonds. The van der Waals surface area contributed by atoms with Gasteiger partial charge in [0.2, 0.25) is 5.82 Å². The molecule has 0 aliphatic carbocycles. The number of hydrogen-bond acceptors (Lipinski definition) is 3. The number of halogens is 3. The van der Waals surface area contributed by atoms with Crippen molar-refractivity contribution in [2.24, 2.45) is 0 Å². The van der Waals surface area contributed by atoms with E-state index >= 15 is 0 Å². The molecule has 1 aromatic carbocycles. The molecule has 21 heavy (non-hydrogen) atoms. The summed E-state index contributed by atoms with van der Waals surface area (Å²) in [7, 11) is 0. The minimum absolute atomic E-state index is 0.0883. The van der Waals surface area contributed by atoms with Gasteiger partial charge in [0.15, 0.2) is 0 Å². The van der Waals surface area contributed by atoms with Crippen molar-refractivity contribution in [3.8, 4) is 0 Å². The molecule has 4 nitrogen and oxygen atoms in total. The van der Waals surface area contributed by atoms with E-state index in [9.17, 15) is 18.0 Å². The predicted molar refractivity (Wildman–Crippen MR) is 71.0 cm³/mol. The number of benzene rings is 1. The largest absolute Gasteiger partial charge is 0.450 e. The Morgan fingerprint density at radius 3 is 2.67 bits per heavy atom. The van der Waals surface area contributed by atoms with Crippen molar-refractivity contribution in [1.82, 2.24) is 9.55 Å². The lowest BCUT2D eigenvalue weighted by Gasteiger charge is -2.10. The molecule has 2 aromatic rings. The van der Waals surface area contributed by atoms with Crippen LogP contribution in [0.5, 0.6) is 0 Å². The number of hydrogen-bond donors (Lipinski definition) is 0. The molecule has 7 heteroatoms. The second-order valence-corrected chi connectivity index (χ2v) is 4.58. The van der Waals surface area contributed by atoms with E-state index in [-0.39, 0.29) is 17.6 Å². The molecule has 0 radical (unpaired) electrons. The highest BCUT2D eigenvalue weighted by atomic mass is 19.4. The summed E-state index contributed by atoms with van der Waals surface area (Å²) in [5.74, 6) is -1.26. The van der Waals surface area contributed by atoms with Crippen LogP contribution in [0.25, 0.3) is 11.0 Å². The van der Waals surface area contributed by atoms with Gasteiger partial charge in [-0.1, -0.05) is 31.9 Å². The second kappa shape index (κ2) is 6.15. The summed E-state index contributed by atoms with van der Waals surface area (Å²) in [6, 6.07) is 5.94. The molecule has 0 aliphatic heterocycles. The number of rotatable bonds is 4. The molecule has 1 aromatic heterocycles. The summed E-state index contributed by atoms with van der Waals surface area (Å²) in [6.07, 6.45) is -3.37. The fraction of sp³-hybridized carbons (Fsp3) is 0.429. The number of unbranched alkanes of at least 4 members (excludes halogenated alkanes) is 2. The molecule has 0 atom stereocenters. The topological polar surface area (TPSA) is 44.1 Å². The zero-order chi connectivity index (χ0) is 15.5. The lowest BCUT2D eigenvalue weighted by molar-refractivity contribution is -0.146. The van der Waals surface area contributed by atoms with Gasteiger partial charge in [-0.25, -0.2) is 14.3 Å². The summed E-state index contributed by atoms with van der Waals surface area (Å²) in [6.45, 7) is 2.07. The first-order chi connectivity index (χ1) is 9.95. The van der Waals surface area contributed by atoms with Crippen LogP contribution in [0, 0.1) is 0 Å². The highest BCUT2D eigenvalue weighted by Crippen LogP contribution is 2.31. The van der Waals surface area contributed by atoms with Gasteiger partial charge in [0.05, 0.1) is 17.6 Å². The standard InChI is InChI=1S/C14H15F3N2O2/c1-2-3-6-9-21-13(20)19-11-8-5-4-7-10(11)18-12(19)14(15,16)17/h4-5,7-8H,2-3,6,9H2,1H3. The number of aromatic nitrogens is 2. The van der Waals surface area contributed by atoms with Crippen LogP contribution in [0.2, 0.25) is 0 Å². The molecular weight excluding hydrogens is 285 g/mol. The van der Waals surface area contributed by atoms with E-state index in [2.05, 4.69) is 4.98 Å². The van der Waals surface area contributed by atoms with Crippen LogP contribution in [-0.4, -0.2) is 22.3 Å². The van der Waals surface area contributed by atoms with Crippen LogP contribution >= 0.6 is 0 Å². The number of alkyl halides is 3. The SMILES string of the molecule is CCCCCOC(=O)n1c(C(F)(F)F)nc2ccccc21. The number of fused-ring (bicyclic) bond motifs is 1. The van der Waals surface area contributed by atoms with Gasteiger partial charge in [0.25, 0.3) is 0 Å². The van der Waals surface area contributed by atoms with Gasteiger partial charge in [-0.15, -0.1) is 0 Å². The van der Waals surface area contributed by atoms with Gasteiger partial charge in [-0.3, -0.25) is 0 Å². The Labute approximate surface area is 119 Å². The molecule has 0 fully saturated rings. The zero-order valence-corrected chi connectivity index (χ0v) is 11.5. The Morgan fingerprint density at radius 2 is 2.00 bits per heavy atom. The highest BCUT2D eigenvalue weighted by Gasteiger charge is 2.39. The fourth-order valence-electron chi connectivity index (χ4n) is 1.98. The van der Waals surface area contributed by atoms with Crippen molar-refractivity contribution < 1.29 is 22.7 Å². The van der Waals surface area contributed by atoms with Crippen molar-refractivity contribution in [3.63, 3.8) is 0 Å². The van der Waals surface area contributed by atoms with E-state index in [4.69, 9.17) is 4.74 Å². The molecule has 0 aliphatic rings. The quantitative estimate of drug-likeness (QED) is 0.794. The van der Waals surface area contributed by atoms with Crippen LogP contribution in [-0.2, 0) is 10.9 Å². The van der Waals surface area contributed by atoms with E-state index < -0.39 is 18.1 Å². The molecule has 0 saturated heterocycles.